The van der Waals surface area contributed by atoms with Crippen LogP contribution >= 0.6 is 0 Å². The van der Waals surface area contributed by atoms with E-state index in [-0.39, 0.29) is 17.6 Å². The van der Waals surface area contributed by atoms with E-state index in [2.05, 4.69) is 5.43 Å². The lowest BCUT2D eigenvalue weighted by Crippen LogP contribution is -2.37. The SMILES string of the molecule is COc1ccc(CC(CCC2CCCO2)NN)cc1F. The van der Waals surface area contributed by atoms with Crippen LogP contribution in [-0.4, -0.2) is 25.9 Å². The second-order valence-electron chi connectivity index (χ2n) is 5.25. The zero-order valence-electron chi connectivity index (χ0n) is 11.9. The average Bonchev–Trinajstić information content (AvgIpc) is 2.97. The molecule has 0 spiro atoms. The van der Waals surface area contributed by atoms with E-state index in [1.165, 1.54) is 13.2 Å². The second-order valence-corrected chi connectivity index (χ2v) is 5.25. The fourth-order valence-electron chi connectivity index (χ4n) is 2.62. The minimum Gasteiger partial charge on any atom is -0.494 e. The lowest BCUT2D eigenvalue weighted by atomic mass is 9.99. The third-order valence-corrected chi connectivity index (χ3v) is 3.80. The molecule has 20 heavy (non-hydrogen) atoms. The summed E-state index contributed by atoms with van der Waals surface area (Å²) in [4.78, 5) is 0. The maximum atomic E-state index is 13.6. The van der Waals surface area contributed by atoms with Gasteiger partial charge in [0.05, 0.1) is 13.2 Å². The van der Waals surface area contributed by atoms with Crippen LogP contribution < -0.4 is 16.0 Å². The lowest BCUT2D eigenvalue weighted by Gasteiger charge is -2.18. The molecule has 1 heterocycles. The Morgan fingerprint density at radius 2 is 2.40 bits per heavy atom. The first-order valence-electron chi connectivity index (χ1n) is 7.13. The summed E-state index contributed by atoms with van der Waals surface area (Å²) in [5, 5.41) is 0. The predicted octanol–water partition coefficient (Wildman–Crippen LogP) is 2.17. The molecule has 0 aliphatic carbocycles. The van der Waals surface area contributed by atoms with E-state index in [1.807, 2.05) is 6.07 Å². The number of ether oxygens (including phenoxy) is 2. The minimum atomic E-state index is -0.333. The molecule has 112 valence electrons. The molecule has 3 N–H and O–H groups in total. The number of hydrazine groups is 1. The first kappa shape index (κ1) is 15.2. The standard InChI is InChI=1S/C15H23FN2O2/c1-19-15-7-4-11(10-14(15)16)9-12(18-17)5-6-13-3-2-8-20-13/h4,7,10,12-13,18H,2-3,5-6,8-9,17H2,1H3. The fraction of sp³-hybridized carbons (Fsp3) is 0.600. The Morgan fingerprint density at radius 1 is 1.55 bits per heavy atom. The van der Waals surface area contributed by atoms with E-state index in [9.17, 15) is 4.39 Å². The third kappa shape index (κ3) is 4.16. The molecule has 0 bridgehead atoms. The first-order chi connectivity index (χ1) is 9.72. The Bertz CT molecular complexity index is 422. The van der Waals surface area contributed by atoms with Crippen LogP contribution in [0.1, 0.15) is 31.2 Å². The number of methoxy groups -OCH3 is 1. The van der Waals surface area contributed by atoms with Crippen molar-refractivity contribution in [3.05, 3.63) is 29.6 Å². The maximum absolute atomic E-state index is 13.6. The molecule has 1 saturated heterocycles. The van der Waals surface area contributed by atoms with Gasteiger partial charge in [-0.25, -0.2) is 4.39 Å². The van der Waals surface area contributed by atoms with Gasteiger partial charge in [-0.1, -0.05) is 6.07 Å². The normalized spacial score (nSPS) is 20.1. The highest BCUT2D eigenvalue weighted by molar-refractivity contribution is 5.29. The van der Waals surface area contributed by atoms with Crippen LogP contribution in [0.3, 0.4) is 0 Å². The van der Waals surface area contributed by atoms with Gasteiger partial charge in [-0.3, -0.25) is 11.3 Å². The van der Waals surface area contributed by atoms with Crippen LogP contribution in [0.15, 0.2) is 18.2 Å². The van der Waals surface area contributed by atoms with Crippen molar-refractivity contribution >= 4 is 0 Å². The number of nitrogens with one attached hydrogen (secondary N) is 1. The summed E-state index contributed by atoms with van der Waals surface area (Å²) in [6, 6.07) is 5.17. The highest BCUT2D eigenvalue weighted by Gasteiger charge is 2.18. The molecular weight excluding hydrogens is 259 g/mol. The summed E-state index contributed by atoms with van der Waals surface area (Å²) >= 11 is 0. The van der Waals surface area contributed by atoms with E-state index >= 15 is 0 Å². The monoisotopic (exact) mass is 282 g/mol. The molecule has 2 unspecified atom stereocenters. The van der Waals surface area contributed by atoms with Gasteiger partial charge in [0.15, 0.2) is 11.6 Å². The number of rotatable bonds is 7. The van der Waals surface area contributed by atoms with E-state index < -0.39 is 0 Å². The topological polar surface area (TPSA) is 56.5 Å². The Labute approximate surface area is 119 Å². The van der Waals surface area contributed by atoms with Gasteiger partial charge in [0.25, 0.3) is 0 Å². The van der Waals surface area contributed by atoms with E-state index in [4.69, 9.17) is 15.3 Å². The molecule has 5 heteroatoms. The largest absolute Gasteiger partial charge is 0.494 e. The van der Waals surface area contributed by atoms with Crippen molar-refractivity contribution < 1.29 is 13.9 Å². The van der Waals surface area contributed by atoms with Crippen LogP contribution in [0.25, 0.3) is 0 Å². The van der Waals surface area contributed by atoms with Crippen molar-refractivity contribution in [3.63, 3.8) is 0 Å². The maximum Gasteiger partial charge on any atom is 0.165 e. The zero-order valence-corrected chi connectivity index (χ0v) is 11.9. The molecule has 1 aromatic carbocycles. The van der Waals surface area contributed by atoms with E-state index in [0.717, 1.165) is 37.9 Å². The smallest absolute Gasteiger partial charge is 0.165 e. The van der Waals surface area contributed by atoms with Crippen LogP contribution in [-0.2, 0) is 11.2 Å². The molecule has 1 fully saturated rings. The Hall–Kier alpha value is -1.17. The molecule has 1 aliphatic heterocycles. The number of halogens is 1. The molecule has 0 amide bonds. The van der Waals surface area contributed by atoms with Crippen molar-refractivity contribution in [2.24, 2.45) is 5.84 Å². The van der Waals surface area contributed by atoms with Crippen molar-refractivity contribution in [1.29, 1.82) is 0 Å². The summed E-state index contributed by atoms with van der Waals surface area (Å²) in [6.07, 6.45) is 5.26. The van der Waals surface area contributed by atoms with Crippen LogP contribution in [0.5, 0.6) is 5.75 Å². The van der Waals surface area contributed by atoms with Crippen molar-refractivity contribution in [2.75, 3.05) is 13.7 Å². The van der Waals surface area contributed by atoms with Crippen molar-refractivity contribution in [3.8, 4) is 5.75 Å². The lowest BCUT2D eigenvalue weighted by molar-refractivity contribution is 0.0996. The minimum absolute atomic E-state index is 0.131. The zero-order chi connectivity index (χ0) is 14.4. The quantitative estimate of drug-likeness (QED) is 0.594. The molecule has 1 aliphatic rings. The van der Waals surface area contributed by atoms with Crippen LogP contribution in [0.2, 0.25) is 0 Å². The molecule has 4 nitrogen and oxygen atoms in total. The third-order valence-electron chi connectivity index (χ3n) is 3.80. The highest BCUT2D eigenvalue weighted by Crippen LogP contribution is 2.21. The number of hydrogen-bond acceptors (Lipinski definition) is 4. The number of benzene rings is 1. The first-order valence-corrected chi connectivity index (χ1v) is 7.13. The van der Waals surface area contributed by atoms with E-state index in [1.54, 1.807) is 6.07 Å². The summed E-state index contributed by atoms with van der Waals surface area (Å²) in [6.45, 7) is 0.870. The summed E-state index contributed by atoms with van der Waals surface area (Å²) in [5.74, 6) is 5.53. The summed E-state index contributed by atoms with van der Waals surface area (Å²) in [5.41, 5.74) is 3.73. The van der Waals surface area contributed by atoms with Gasteiger partial charge in [0, 0.05) is 12.6 Å². The van der Waals surface area contributed by atoms with Gasteiger partial charge < -0.3 is 9.47 Å². The van der Waals surface area contributed by atoms with Crippen molar-refractivity contribution in [1.82, 2.24) is 5.43 Å². The molecular formula is C15H23FN2O2. The average molecular weight is 282 g/mol. The molecule has 1 aromatic rings. The molecule has 0 saturated carbocycles. The molecule has 2 rings (SSSR count). The Morgan fingerprint density at radius 3 is 3.00 bits per heavy atom. The van der Waals surface area contributed by atoms with Gasteiger partial charge in [-0.15, -0.1) is 0 Å². The van der Waals surface area contributed by atoms with Gasteiger partial charge in [-0.2, -0.15) is 0 Å². The van der Waals surface area contributed by atoms with Gasteiger partial charge >= 0.3 is 0 Å². The fourth-order valence-corrected chi connectivity index (χ4v) is 2.62. The second kappa shape index (κ2) is 7.57. The molecule has 2 atom stereocenters. The molecule has 0 radical (unpaired) electrons. The van der Waals surface area contributed by atoms with Crippen molar-refractivity contribution in [2.45, 2.75) is 44.2 Å². The van der Waals surface area contributed by atoms with Gasteiger partial charge in [0.1, 0.15) is 0 Å². The van der Waals surface area contributed by atoms with E-state index in [0.29, 0.717) is 12.5 Å². The Balaban J connectivity index is 1.86. The van der Waals surface area contributed by atoms with Gasteiger partial charge in [0.2, 0.25) is 0 Å². The summed E-state index contributed by atoms with van der Waals surface area (Å²) < 4.78 is 24.2. The van der Waals surface area contributed by atoms with Gasteiger partial charge in [-0.05, 0) is 49.8 Å². The summed E-state index contributed by atoms with van der Waals surface area (Å²) in [7, 11) is 1.46. The highest BCUT2D eigenvalue weighted by atomic mass is 19.1. The molecule has 0 aromatic heterocycles. The Kier molecular flexibility index (Phi) is 5.76. The number of hydrogen-bond donors (Lipinski definition) is 2. The van der Waals surface area contributed by atoms with Crippen LogP contribution in [0, 0.1) is 5.82 Å². The van der Waals surface area contributed by atoms with Crippen LogP contribution in [0.4, 0.5) is 4.39 Å². The number of nitrogens with two attached hydrogens (primary N) is 1. The predicted molar refractivity (Wildman–Crippen MR) is 76.0 cm³/mol.